The number of imidazole rings is 1. The predicted octanol–water partition coefficient (Wildman–Crippen LogP) is 13.3. The summed E-state index contributed by atoms with van der Waals surface area (Å²) >= 11 is 0. The highest BCUT2D eigenvalue weighted by Gasteiger charge is 2.25. The standard InChI is InChI=1S/C50H43N3O2/c1-49(2,3)35-21-19-31(20-22-35)32-25-26-51-41(30-32)34-27-33(28-36(29-34)50(4,5)6)38-16-12-17-42-46(38)52-48(53(42)37-13-8-7-9-14-37)45-43(54)24-23-40-39-15-10-11-18-44(39)55-47(40)45/h7-30,54H,1-6H3. The third-order valence-corrected chi connectivity index (χ3v) is 10.7. The number of nitrogens with zero attached hydrogens (tertiary/aromatic N) is 3. The quantitative estimate of drug-likeness (QED) is 0.192. The highest BCUT2D eigenvalue weighted by atomic mass is 16.3. The normalized spacial score (nSPS) is 12.3. The first-order chi connectivity index (χ1) is 26.4. The number of para-hydroxylation sites is 3. The number of furan rings is 1. The minimum Gasteiger partial charge on any atom is -0.507 e. The van der Waals surface area contributed by atoms with Gasteiger partial charge in [-0.25, -0.2) is 4.98 Å². The molecule has 0 fully saturated rings. The third-order valence-electron chi connectivity index (χ3n) is 10.7. The van der Waals surface area contributed by atoms with Gasteiger partial charge < -0.3 is 9.52 Å². The minimum absolute atomic E-state index is 0.0907. The van der Waals surface area contributed by atoms with Crippen LogP contribution in [-0.2, 0) is 10.8 Å². The van der Waals surface area contributed by atoms with Crippen LogP contribution in [0, 0.1) is 0 Å². The Labute approximate surface area is 321 Å². The Morgan fingerprint density at radius 3 is 2.07 bits per heavy atom. The van der Waals surface area contributed by atoms with Gasteiger partial charge in [0.15, 0.2) is 5.82 Å². The smallest absolute Gasteiger partial charge is 0.153 e. The molecule has 55 heavy (non-hydrogen) atoms. The Hall–Kier alpha value is -6.46. The highest BCUT2D eigenvalue weighted by molar-refractivity contribution is 6.11. The molecular weight excluding hydrogens is 675 g/mol. The fourth-order valence-corrected chi connectivity index (χ4v) is 7.63. The number of hydrogen-bond donors (Lipinski definition) is 1. The Morgan fingerprint density at radius 1 is 0.582 bits per heavy atom. The van der Waals surface area contributed by atoms with Gasteiger partial charge in [0.05, 0.1) is 16.7 Å². The van der Waals surface area contributed by atoms with Crippen molar-refractivity contribution in [2.45, 2.75) is 52.4 Å². The van der Waals surface area contributed by atoms with E-state index in [0.717, 1.165) is 66.6 Å². The van der Waals surface area contributed by atoms with Crippen LogP contribution in [-0.4, -0.2) is 19.6 Å². The maximum atomic E-state index is 11.6. The van der Waals surface area contributed by atoms with E-state index in [9.17, 15) is 5.11 Å². The summed E-state index contributed by atoms with van der Waals surface area (Å²) in [6.07, 6.45) is 1.91. The topological polar surface area (TPSA) is 64.1 Å². The van der Waals surface area contributed by atoms with Gasteiger partial charge in [-0.05, 0) is 99.3 Å². The van der Waals surface area contributed by atoms with E-state index in [2.05, 4.69) is 131 Å². The second kappa shape index (κ2) is 12.8. The van der Waals surface area contributed by atoms with Gasteiger partial charge in [0.1, 0.15) is 22.5 Å². The molecule has 0 saturated carbocycles. The van der Waals surface area contributed by atoms with Gasteiger partial charge in [-0.2, -0.15) is 0 Å². The van der Waals surface area contributed by atoms with Gasteiger partial charge in [0.25, 0.3) is 0 Å². The molecule has 0 bridgehead atoms. The number of aromatic hydroxyl groups is 1. The van der Waals surface area contributed by atoms with E-state index in [0.29, 0.717) is 17.0 Å². The summed E-state index contributed by atoms with van der Waals surface area (Å²) in [4.78, 5) is 10.3. The van der Waals surface area contributed by atoms with Crippen LogP contribution in [0.25, 0.3) is 83.6 Å². The summed E-state index contributed by atoms with van der Waals surface area (Å²) in [7, 11) is 0. The Bertz CT molecular complexity index is 2880. The van der Waals surface area contributed by atoms with Crippen LogP contribution in [0.3, 0.4) is 0 Å². The lowest BCUT2D eigenvalue weighted by atomic mass is 9.83. The summed E-state index contributed by atoms with van der Waals surface area (Å²) in [5.41, 5.74) is 13.4. The highest BCUT2D eigenvalue weighted by Crippen LogP contribution is 2.44. The Kier molecular flexibility index (Phi) is 8.01. The van der Waals surface area contributed by atoms with Gasteiger partial charge in [0, 0.05) is 33.8 Å². The van der Waals surface area contributed by atoms with Crippen LogP contribution in [0.2, 0.25) is 0 Å². The Balaban J connectivity index is 1.26. The summed E-state index contributed by atoms with van der Waals surface area (Å²) < 4.78 is 8.61. The molecule has 0 unspecified atom stereocenters. The molecule has 0 aliphatic carbocycles. The average Bonchev–Trinajstić information content (AvgIpc) is 3.76. The number of pyridine rings is 1. The van der Waals surface area contributed by atoms with Gasteiger partial charge in [-0.3, -0.25) is 9.55 Å². The lowest BCUT2D eigenvalue weighted by Crippen LogP contribution is -2.11. The number of phenolic OH excluding ortho intramolecular Hbond substituents is 1. The van der Waals surface area contributed by atoms with Crippen molar-refractivity contribution < 1.29 is 9.52 Å². The molecule has 9 rings (SSSR count). The van der Waals surface area contributed by atoms with Crippen molar-refractivity contribution in [3.63, 3.8) is 0 Å². The second-order valence-corrected chi connectivity index (χ2v) is 16.5. The van der Waals surface area contributed by atoms with Crippen LogP contribution in [0.15, 0.2) is 150 Å². The molecule has 5 nitrogen and oxygen atoms in total. The number of rotatable bonds is 5. The lowest BCUT2D eigenvalue weighted by molar-refractivity contribution is 0.476. The number of benzene rings is 6. The number of hydrogen-bond acceptors (Lipinski definition) is 4. The summed E-state index contributed by atoms with van der Waals surface area (Å²) in [6, 6.07) is 48.1. The van der Waals surface area contributed by atoms with Crippen molar-refractivity contribution in [3.05, 3.63) is 157 Å². The van der Waals surface area contributed by atoms with Crippen molar-refractivity contribution in [1.82, 2.24) is 14.5 Å². The zero-order valence-electron chi connectivity index (χ0n) is 32.1. The van der Waals surface area contributed by atoms with E-state index in [4.69, 9.17) is 14.4 Å². The van der Waals surface area contributed by atoms with E-state index < -0.39 is 0 Å². The van der Waals surface area contributed by atoms with Gasteiger partial charge in [-0.1, -0.05) is 120 Å². The maximum absolute atomic E-state index is 11.6. The fourth-order valence-electron chi connectivity index (χ4n) is 7.63. The SMILES string of the molecule is CC(C)(C)c1ccc(-c2ccnc(-c3cc(-c4cccc5c4nc(-c4c(O)ccc6c4oc4ccccc46)n5-c4ccccc4)cc(C(C)(C)C)c3)c2)cc1. The fraction of sp³-hybridized carbons (Fsp3) is 0.160. The Morgan fingerprint density at radius 2 is 1.31 bits per heavy atom. The molecule has 5 heteroatoms. The van der Waals surface area contributed by atoms with Crippen molar-refractivity contribution in [2.75, 3.05) is 0 Å². The molecule has 1 N–H and O–H groups in total. The first-order valence-corrected chi connectivity index (χ1v) is 18.9. The monoisotopic (exact) mass is 717 g/mol. The molecule has 0 atom stereocenters. The van der Waals surface area contributed by atoms with Crippen molar-refractivity contribution in [2.24, 2.45) is 0 Å². The molecule has 3 heterocycles. The van der Waals surface area contributed by atoms with Gasteiger partial charge >= 0.3 is 0 Å². The summed E-state index contributed by atoms with van der Waals surface area (Å²) in [5.74, 6) is 0.714. The van der Waals surface area contributed by atoms with Crippen molar-refractivity contribution >= 4 is 33.0 Å². The van der Waals surface area contributed by atoms with Crippen molar-refractivity contribution in [3.8, 4) is 56.3 Å². The molecular formula is C50H43N3O2. The number of aromatic nitrogens is 3. The summed E-state index contributed by atoms with van der Waals surface area (Å²) in [5, 5.41) is 13.5. The molecule has 0 aliphatic rings. The van der Waals surface area contributed by atoms with E-state index in [-0.39, 0.29) is 16.6 Å². The van der Waals surface area contributed by atoms with E-state index in [1.807, 2.05) is 54.7 Å². The van der Waals surface area contributed by atoms with Crippen LogP contribution >= 0.6 is 0 Å². The number of phenols is 1. The van der Waals surface area contributed by atoms with Crippen LogP contribution in [0.5, 0.6) is 5.75 Å². The second-order valence-electron chi connectivity index (χ2n) is 16.5. The van der Waals surface area contributed by atoms with Crippen LogP contribution in [0.4, 0.5) is 0 Å². The molecule has 6 aromatic carbocycles. The molecule has 0 spiro atoms. The van der Waals surface area contributed by atoms with E-state index in [1.165, 1.54) is 11.1 Å². The van der Waals surface area contributed by atoms with Crippen LogP contribution < -0.4 is 0 Å². The molecule has 9 aromatic rings. The molecule has 0 saturated heterocycles. The molecule has 3 aromatic heterocycles. The molecule has 0 amide bonds. The van der Waals surface area contributed by atoms with E-state index >= 15 is 0 Å². The third kappa shape index (κ3) is 6.06. The maximum Gasteiger partial charge on any atom is 0.153 e. The average molecular weight is 718 g/mol. The zero-order valence-corrected chi connectivity index (χ0v) is 32.1. The van der Waals surface area contributed by atoms with Crippen molar-refractivity contribution in [1.29, 1.82) is 0 Å². The van der Waals surface area contributed by atoms with Gasteiger partial charge in [0.2, 0.25) is 0 Å². The van der Waals surface area contributed by atoms with E-state index in [1.54, 1.807) is 6.07 Å². The largest absolute Gasteiger partial charge is 0.507 e. The number of fused-ring (bicyclic) bond motifs is 4. The minimum atomic E-state index is -0.129. The van der Waals surface area contributed by atoms with Gasteiger partial charge in [-0.15, -0.1) is 0 Å². The predicted molar refractivity (Wildman–Crippen MR) is 227 cm³/mol. The first kappa shape index (κ1) is 34.3. The lowest BCUT2D eigenvalue weighted by Gasteiger charge is -2.22. The van der Waals surface area contributed by atoms with Crippen LogP contribution in [0.1, 0.15) is 52.7 Å². The summed E-state index contributed by atoms with van der Waals surface area (Å²) in [6.45, 7) is 13.5. The molecule has 0 radical (unpaired) electrons. The molecule has 270 valence electrons. The zero-order chi connectivity index (χ0) is 38.1. The first-order valence-electron chi connectivity index (χ1n) is 18.9. The molecule has 0 aliphatic heterocycles.